The SMILES string of the molecule is CC(C)CCCCCCCCCCC(=O)N(C)[C@H](CO)C(=O)N[C@H](C)C(=O)NCC(=O)N(C)[C@H]1C(=O)N[C@@H](C)C(=O)N[C@H](C(=O)O)Cc2cc(c([O-])c(N(O)O)c2)-c2cc1ccc2O. The smallest absolute Gasteiger partial charge is 0.326 e. The molecule has 2 aromatic carbocycles. The Morgan fingerprint density at radius 2 is 1.47 bits per heavy atom. The van der Waals surface area contributed by atoms with Crippen molar-refractivity contribution in [2.75, 3.05) is 32.5 Å². The highest BCUT2D eigenvalue weighted by Gasteiger charge is 2.34. The maximum atomic E-state index is 13.9. The Morgan fingerprint density at radius 3 is 2.06 bits per heavy atom. The van der Waals surface area contributed by atoms with Crippen LogP contribution >= 0.6 is 0 Å². The second-order valence-corrected chi connectivity index (χ2v) is 16.7. The number of phenolic OH excluding ortho intramolecular Hbond substituents is 1. The Labute approximate surface area is 372 Å². The molecule has 0 aliphatic carbocycles. The number of likely N-dealkylation sites (N-methyl/N-ethyl adjacent to an activating group) is 2. The number of anilines is 1. The van der Waals surface area contributed by atoms with Crippen LogP contribution in [0.1, 0.15) is 109 Å². The summed E-state index contributed by atoms with van der Waals surface area (Å²) in [4.78, 5) is 94.1. The molecule has 1 aliphatic heterocycles. The molecule has 3 rings (SSSR count). The van der Waals surface area contributed by atoms with E-state index >= 15 is 0 Å². The average Bonchev–Trinajstić information content (AvgIpc) is 3.23. The number of aliphatic hydroxyl groups excluding tert-OH is 1. The van der Waals surface area contributed by atoms with Crippen molar-refractivity contribution in [3.05, 3.63) is 41.5 Å². The number of carboxylic acid groups (broad SMARTS) is 1. The molecule has 20 heteroatoms. The minimum atomic E-state index is -1.63. The molecule has 0 saturated heterocycles. The normalized spacial score (nSPS) is 17.2. The van der Waals surface area contributed by atoms with E-state index in [-0.39, 0.29) is 34.6 Å². The van der Waals surface area contributed by atoms with Crippen LogP contribution in [0.4, 0.5) is 5.69 Å². The van der Waals surface area contributed by atoms with Gasteiger partial charge in [0, 0.05) is 32.5 Å². The molecule has 0 radical (unpaired) electrons. The van der Waals surface area contributed by atoms with Crippen LogP contribution < -0.4 is 31.6 Å². The van der Waals surface area contributed by atoms with Crippen molar-refractivity contribution >= 4 is 47.1 Å². The van der Waals surface area contributed by atoms with Crippen LogP contribution in [0.3, 0.4) is 0 Å². The molecule has 354 valence electrons. The number of hydrogen-bond donors (Lipinski definition) is 9. The molecule has 0 fully saturated rings. The number of amides is 6. The van der Waals surface area contributed by atoms with E-state index in [4.69, 9.17) is 0 Å². The minimum Gasteiger partial charge on any atom is -0.871 e. The van der Waals surface area contributed by atoms with Crippen molar-refractivity contribution in [1.29, 1.82) is 0 Å². The van der Waals surface area contributed by atoms with E-state index in [2.05, 4.69) is 35.1 Å². The van der Waals surface area contributed by atoms with Gasteiger partial charge < -0.3 is 51.5 Å². The number of fused-ring (bicyclic) bond motifs is 5. The van der Waals surface area contributed by atoms with Crippen molar-refractivity contribution < 1.29 is 64.4 Å². The predicted molar refractivity (Wildman–Crippen MR) is 231 cm³/mol. The van der Waals surface area contributed by atoms with Gasteiger partial charge in [0.05, 0.1) is 18.8 Å². The quantitative estimate of drug-likeness (QED) is 0.0639. The van der Waals surface area contributed by atoms with Gasteiger partial charge in [-0.2, -0.15) is 0 Å². The van der Waals surface area contributed by atoms with Crippen LogP contribution in [0.15, 0.2) is 30.3 Å². The number of aliphatic carboxylic acids is 1. The first kappa shape index (κ1) is 52.4. The van der Waals surface area contributed by atoms with Gasteiger partial charge in [0.1, 0.15) is 36.0 Å². The summed E-state index contributed by atoms with van der Waals surface area (Å²) in [7, 11) is 2.59. The minimum absolute atomic E-state index is 0.00555. The molecule has 0 aromatic heterocycles. The third-order valence-electron chi connectivity index (χ3n) is 11.2. The highest BCUT2D eigenvalue weighted by Crippen LogP contribution is 2.42. The molecule has 5 atom stereocenters. The number of aliphatic hydroxyl groups is 1. The molecule has 9 N–H and O–H groups in total. The molecular weight excluding hydrogens is 835 g/mol. The fourth-order valence-corrected chi connectivity index (χ4v) is 7.30. The lowest BCUT2D eigenvalue weighted by Crippen LogP contribution is -2.55. The molecule has 6 amide bonds. The Morgan fingerprint density at radius 1 is 0.844 bits per heavy atom. The highest BCUT2D eigenvalue weighted by molar-refractivity contribution is 5.96. The number of phenols is 1. The van der Waals surface area contributed by atoms with Gasteiger partial charge in [-0.25, -0.2) is 4.79 Å². The Bertz CT molecular complexity index is 1980. The van der Waals surface area contributed by atoms with E-state index in [1.807, 2.05) is 0 Å². The maximum Gasteiger partial charge on any atom is 0.326 e. The van der Waals surface area contributed by atoms with E-state index in [0.717, 1.165) is 47.6 Å². The summed E-state index contributed by atoms with van der Waals surface area (Å²) in [5.74, 6) is -7.05. The molecule has 1 heterocycles. The van der Waals surface area contributed by atoms with Gasteiger partial charge in [-0.05, 0) is 61.1 Å². The van der Waals surface area contributed by atoms with Crippen LogP contribution in [0, 0.1) is 5.92 Å². The van der Waals surface area contributed by atoms with E-state index < -0.39 is 108 Å². The van der Waals surface area contributed by atoms with Crippen LogP contribution in [-0.2, 0) is 40.0 Å². The molecule has 0 saturated carbocycles. The molecular formula is C44H64N7O13-. The zero-order valence-corrected chi connectivity index (χ0v) is 37.4. The number of carbonyl (C=O) groups excluding carboxylic acids is 6. The first-order valence-electron chi connectivity index (χ1n) is 21.6. The first-order valence-corrected chi connectivity index (χ1v) is 21.6. The third kappa shape index (κ3) is 14.8. The van der Waals surface area contributed by atoms with Gasteiger partial charge in [-0.1, -0.05) is 83.1 Å². The number of nitrogens with zero attached hydrogens (tertiary/aromatic N) is 3. The Balaban J connectivity index is 1.72. The summed E-state index contributed by atoms with van der Waals surface area (Å²) < 4.78 is 0. The lowest BCUT2D eigenvalue weighted by Gasteiger charge is -2.31. The summed E-state index contributed by atoms with van der Waals surface area (Å²) in [5, 5.41) is 73.0. The van der Waals surface area contributed by atoms with Gasteiger partial charge >= 0.3 is 5.97 Å². The molecule has 2 aromatic rings. The van der Waals surface area contributed by atoms with Crippen molar-refractivity contribution in [3.63, 3.8) is 0 Å². The fraction of sp³-hybridized carbons (Fsp3) is 0.568. The monoisotopic (exact) mass is 898 g/mol. The van der Waals surface area contributed by atoms with E-state index in [1.165, 1.54) is 71.8 Å². The van der Waals surface area contributed by atoms with Gasteiger partial charge in [-0.15, -0.1) is 5.23 Å². The van der Waals surface area contributed by atoms with E-state index in [0.29, 0.717) is 12.3 Å². The summed E-state index contributed by atoms with van der Waals surface area (Å²) >= 11 is 0. The van der Waals surface area contributed by atoms with Crippen molar-refractivity contribution in [2.24, 2.45) is 5.92 Å². The third-order valence-corrected chi connectivity index (χ3v) is 11.2. The lowest BCUT2D eigenvalue weighted by molar-refractivity contribution is -0.267. The summed E-state index contributed by atoms with van der Waals surface area (Å²) in [6.45, 7) is 5.60. The molecule has 0 unspecified atom stereocenters. The highest BCUT2D eigenvalue weighted by atomic mass is 16.8. The topological polar surface area (TPSA) is 302 Å². The zero-order chi connectivity index (χ0) is 47.8. The van der Waals surface area contributed by atoms with Crippen molar-refractivity contribution in [3.8, 4) is 22.6 Å². The zero-order valence-electron chi connectivity index (χ0n) is 37.4. The van der Waals surface area contributed by atoms with Gasteiger partial charge in [-0.3, -0.25) is 39.2 Å². The number of benzene rings is 2. The molecule has 20 nitrogen and oxygen atoms in total. The average molecular weight is 899 g/mol. The number of aromatic hydroxyl groups is 1. The number of unbranched alkanes of at least 4 members (excludes halogenated alkanes) is 7. The largest absolute Gasteiger partial charge is 0.871 e. The number of carboxylic acids is 1. The Hall–Kier alpha value is -5.99. The van der Waals surface area contributed by atoms with E-state index in [9.17, 15) is 64.4 Å². The summed E-state index contributed by atoms with van der Waals surface area (Å²) in [5.41, 5.74) is -1.27. The molecule has 64 heavy (non-hydrogen) atoms. The van der Waals surface area contributed by atoms with Crippen LogP contribution in [0.25, 0.3) is 11.1 Å². The molecule has 4 bridgehead atoms. The van der Waals surface area contributed by atoms with Crippen LogP contribution in [-0.4, -0.2) is 128 Å². The second-order valence-electron chi connectivity index (χ2n) is 16.7. The fourth-order valence-electron chi connectivity index (χ4n) is 7.30. The van der Waals surface area contributed by atoms with Crippen LogP contribution in [0.5, 0.6) is 11.5 Å². The van der Waals surface area contributed by atoms with Crippen molar-refractivity contribution in [1.82, 2.24) is 31.1 Å². The molecule has 1 aliphatic rings. The van der Waals surface area contributed by atoms with E-state index in [1.54, 1.807) is 0 Å². The number of nitrogens with one attached hydrogen (secondary N) is 4. The molecule has 0 spiro atoms. The number of rotatable bonds is 21. The second kappa shape index (κ2) is 24.7. The van der Waals surface area contributed by atoms with Gasteiger partial charge in [0.2, 0.25) is 35.4 Å². The Kier molecular flexibility index (Phi) is 20.2. The van der Waals surface area contributed by atoms with Crippen LogP contribution in [0.2, 0.25) is 0 Å². The first-order chi connectivity index (χ1) is 30.2. The number of carbonyl (C=O) groups is 7. The van der Waals surface area contributed by atoms with Gasteiger partial charge in [0.15, 0.2) is 0 Å². The maximum absolute atomic E-state index is 13.9. The summed E-state index contributed by atoms with van der Waals surface area (Å²) in [6, 6.07) is -1.42. The predicted octanol–water partition coefficient (Wildman–Crippen LogP) is 1.84. The lowest BCUT2D eigenvalue weighted by atomic mass is 9.93. The van der Waals surface area contributed by atoms with Gasteiger partial charge in [0.25, 0.3) is 0 Å². The number of hydrogen-bond acceptors (Lipinski definition) is 13. The standard InChI is InChI=1S/C44H65N7O13/c1-25(2)15-13-11-9-7-8-10-12-14-16-36(54)49(5)34(24-52)42(59)46-26(3)40(57)45-23-37(55)50(6)38-29-17-18-35(53)30(22-29)31-19-28(21-33(39(31)56)51(63)64)20-32(44(61)62)48-41(58)27(4)47-43(38)60/h17-19,21-22,25-27,32,34,38,52-53,56,63-64H,7-16,20,23-24H2,1-6H3,(H,45,57)(H,46,59)(H,47,60)(H,48,58)(H,61,62)/p-1/t26-,27+,32+,34-,38-/m1/s1. The summed E-state index contributed by atoms with van der Waals surface area (Å²) in [6.07, 6.45) is 9.32. The van der Waals surface area contributed by atoms with Crippen molar-refractivity contribution in [2.45, 2.75) is 129 Å².